The molecule has 262 valence electrons. The molecule has 0 unspecified atom stereocenters. The lowest BCUT2D eigenvalue weighted by molar-refractivity contribution is -0.150. The van der Waals surface area contributed by atoms with Crippen molar-refractivity contribution in [2.24, 2.45) is 5.92 Å². The molecule has 4 aromatic carbocycles. The summed E-state index contributed by atoms with van der Waals surface area (Å²) in [6.07, 6.45) is -0.300. The summed E-state index contributed by atoms with van der Waals surface area (Å²) in [5, 5.41) is 10.3. The van der Waals surface area contributed by atoms with E-state index in [1.165, 1.54) is 0 Å². The van der Waals surface area contributed by atoms with Gasteiger partial charge in [0.2, 0.25) is 5.91 Å². The number of rotatable bonds is 6. The van der Waals surface area contributed by atoms with Gasteiger partial charge < -0.3 is 24.3 Å². The van der Waals surface area contributed by atoms with Gasteiger partial charge in [0.05, 0.1) is 36.5 Å². The molecule has 2 N–H and O–H groups in total. The number of amides is 3. The minimum Gasteiger partial charge on any atom is -0.482 e. The van der Waals surface area contributed by atoms with Crippen LogP contribution in [0.2, 0.25) is 18.6 Å². The van der Waals surface area contributed by atoms with Gasteiger partial charge in [0.15, 0.2) is 20.5 Å². The van der Waals surface area contributed by atoms with E-state index in [1.807, 2.05) is 117 Å². The van der Waals surface area contributed by atoms with Crippen molar-refractivity contribution in [3.63, 3.8) is 0 Å². The number of anilines is 4. The van der Waals surface area contributed by atoms with Crippen molar-refractivity contribution in [1.82, 2.24) is 4.90 Å². The zero-order valence-corrected chi connectivity index (χ0v) is 29.9. The molecule has 4 aromatic rings. The van der Waals surface area contributed by atoms with Crippen molar-refractivity contribution in [2.45, 2.75) is 62.7 Å². The monoisotopic (exact) mass is 703 g/mol. The van der Waals surface area contributed by atoms with E-state index >= 15 is 4.79 Å². The molecule has 3 amide bonds. The fourth-order valence-corrected chi connectivity index (χ4v) is 11.4. The highest BCUT2D eigenvalue weighted by Crippen LogP contribution is 2.61. The summed E-state index contributed by atoms with van der Waals surface area (Å²) >= 11 is 0. The molecule has 0 saturated carbocycles. The Kier molecular flexibility index (Phi) is 8.14. The highest BCUT2D eigenvalue weighted by Gasteiger charge is 2.67. The Morgan fingerprint density at radius 1 is 0.882 bits per heavy atom. The maximum atomic E-state index is 15.1. The number of ether oxygens (including phenoxy) is 2. The van der Waals surface area contributed by atoms with Crippen molar-refractivity contribution in [1.29, 1.82) is 0 Å². The molecule has 1 saturated heterocycles. The van der Waals surface area contributed by atoms with Gasteiger partial charge in [-0.05, 0) is 73.1 Å². The zero-order chi connectivity index (χ0) is 35.7. The SMILES string of the molecule is C[C@@H]1[C@@H]([Si](C)(C)O)[C@H](CC(=O)N2Cc3ccccc3C[C@H]2CO)O[C@@]12C(=O)N(c1ccccc1)c1ccc(N3C(=O)COc4ccccc43)cc12. The van der Waals surface area contributed by atoms with Crippen molar-refractivity contribution in [3.8, 4) is 5.75 Å². The van der Waals surface area contributed by atoms with Gasteiger partial charge in [-0.3, -0.25) is 24.2 Å². The Labute approximate surface area is 298 Å². The second kappa shape index (κ2) is 12.4. The van der Waals surface area contributed by atoms with Crippen molar-refractivity contribution in [3.05, 3.63) is 114 Å². The quantitative estimate of drug-likeness (QED) is 0.253. The lowest BCUT2D eigenvalue weighted by Gasteiger charge is -2.37. The maximum absolute atomic E-state index is 15.1. The normalized spacial score (nSPS) is 25.5. The van der Waals surface area contributed by atoms with Crippen LogP contribution in [0.4, 0.5) is 22.7 Å². The molecule has 10 nitrogen and oxygen atoms in total. The van der Waals surface area contributed by atoms with Crippen molar-refractivity contribution < 1.29 is 33.8 Å². The van der Waals surface area contributed by atoms with Crippen LogP contribution in [-0.2, 0) is 37.7 Å². The molecule has 4 heterocycles. The van der Waals surface area contributed by atoms with Crippen LogP contribution in [0, 0.1) is 5.92 Å². The molecule has 5 atom stereocenters. The average molecular weight is 704 g/mol. The summed E-state index contributed by atoms with van der Waals surface area (Å²) in [5.74, 6) is -0.705. The third-order valence-corrected chi connectivity index (χ3v) is 13.6. The average Bonchev–Trinajstić information content (AvgIpc) is 3.56. The smallest absolute Gasteiger partial charge is 0.269 e. The number of carbonyl (C=O) groups excluding carboxylic acids is 3. The second-order valence-corrected chi connectivity index (χ2v) is 18.5. The van der Waals surface area contributed by atoms with Gasteiger partial charge in [0, 0.05) is 34.9 Å². The number of para-hydroxylation sites is 3. The summed E-state index contributed by atoms with van der Waals surface area (Å²) in [4.78, 5) is 59.6. The molecule has 11 heteroatoms. The van der Waals surface area contributed by atoms with Crippen LogP contribution in [0.5, 0.6) is 5.75 Å². The standard InChI is InChI=1S/C40H41N3O7Si/c1-25-38(51(2,3)48)35(21-36(45)41-22-27-12-8-7-11-26(27)19-30(41)23-44)50-40(25)31-20-29(42-33-15-9-10-16-34(33)49-24-37(42)46)17-18-32(31)43(39(40)47)28-13-5-4-6-14-28/h4-18,20,25,30,35,38,44,48H,19,21-24H2,1-3H3/t25-,30+,35+,38-,40+/m1/s1. The number of hydrogen-bond acceptors (Lipinski definition) is 7. The van der Waals surface area contributed by atoms with Crippen LogP contribution in [0.1, 0.15) is 30.0 Å². The van der Waals surface area contributed by atoms with E-state index in [0.29, 0.717) is 47.0 Å². The second-order valence-electron chi connectivity index (χ2n) is 14.6. The molecular weight excluding hydrogens is 663 g/mol. The topological polar surface area (TPSA) is 120 Å². The molecule has 0 aliphatic carbocycles. The van der Waals surface area contributed by atoms with Gasteiger partial charge >= 0.3 is 0 Å². The highest BCUT2D eigenvalue weighted by atomic mass is 28.4. The lowest BCUT2D eigenvalue weighted by Crippen LogP contribution is -2.48. The molecule has 51 heavy (non-hydrogen) atoms. The van der Waals surface area contributed by atoms with Crippen LogP contribution in [-0.4, -0.2) is 66.2 Å². The van der Waals surface area contributed by atoms with Gasteiger partial charge in [-0.1, -0.05) is 61.5 Å². The summed E-state index contributed by atoms with van der Waals surface area (Å²) in [6.45, 7) is 5.65. The number of fused-ring (bicyclic) bond motifs is 4. The minimum atomic E-state index is -3.10. The Bertz CT molecular complexity index is 2030. The zero-order valence-electron chi connectivity index (χ0n) is 28.9. The van der Waals surface area contributed by atoms with E-state index in [0.717, 1.165) is 11.1 Å². The minimum absolute atomic E-state index is 0.0601. The first-order valence-electron chi connectivity index (χ1n) is 17.5. The maximum Gasteiger partial charge on any atom is 0.269 e. The molecule has 0 aromatic heterocycles. The van der Waals surface area contributed by atoms with Crippen LogP contribution in [0.3, 0.4) is 0 Å². The molecule has 8 rings (SSSR count). The lowest BCUT2D eigenvalue weighted by atomic mass is 9.82. The number of aliphatic hydroxyl groups is 1. The molecular formula is C40H41N3O7Si. The molecule has 4 aliphatic heterocycles. The predicted molar refractivity (Wildman–Crippen MR) is 194 cm³/mol. The van der Waals surface area contributed by atoms with E-state index in [1.54, 1.807) is 14.7 Å². The predicted octanol–water partition coefficient (Wildman–Crippen LogP) is 5.56. The summed E-state index contributed by atoms with van der Waals surface area (Å²) in [6, 6.07) is 29.7. The molecule has 4 aliphatic rings. The third-order valence-electron chi connectivity index (χ3n) is 11.1. The number of benzene rings is 4. The van der Waals surface area contributed by atoms with Crippen molar-refractivity contribution >= 4 is 48.8 Å². The Balaban J connectivity index is 1.23. The van der Waals surface area contributed by atoms with Gasteiger partial charge in [-0.2, -0.15) is 0 Å². The Morgan fingerprint density at radius 2 is 1.59 bits per heavy atom. The van der Waals surface area contributed by atoms with E-state index in [-0.39, 0.29) is 37.4 Å². The third kappa shape index (κ3) is 5.29. The fourth-order valence-electron chi connectivity index (χ4n) is 8.88. The first-order valence-corrected chi connectivity index (χ1v) is 20.5. The van der Waals surface area contributed by atoms with E-state index in [4.69, 9.17) is 9.47 Å². The summed E-state index contributed by atoms with van der Waals surface area (Å²) < 4.78 is 12.8. The van der Waals surface area contributed by atoms with Gasteiger partial charge in [0.25, 0.3) is 11.8 Å². The van der Waals surface area contributed by atoms with Gasteiger partial charge in [-0.15, -0.1) is 0 Å². The molecule has 0 bridgehead atoms. The summed E-state index contributed by atoms with van der Waals surface area (Å²) in [5.41, 5.74) is 3.11. The number of carbonyl (C=O) groups is 3. The molecule has 0 radical (unpaired) electrons. The summed E-state index contributed by atoms with van der Waals surface area (Å²) in [7, 11) is -3.10. The Hall–Kier alpha value is -4.81. The van der Waals surface area contributed by atoms with E-state index in [2.05, 4.69) is 0 Å². The van der Waals surface area contributed by atoms with Crippen LogP contribution < -0.4 is 14.5 Å². The molecule has 1 fully saturated rings. The van der Waals surface area contributed by atoms with Crippen molar-refractivity contribution in [2.75, 3.05) is 23.0 Å². The van der Waals surface area contributed by atoms with Crippen LogP contribution >= 0.6 is 0 Å². The highest BCUT2D eigenvalue weighted by molar-refractivity contribution is 6.71. The number of nitrogens with zero attached hydrogens (tertiary/aromatic N) is 3. The van der Waals surface area contributed by atoms with E-state index < -0.39 is 37.5 Å². The van der Waals surface area contributed by atoms with Crippen LogP contribution in [0.25, 0.3) is 0 Å². The fraction of sp³-hybridized carbons (Fsp3) is 0.325. The largest absolute Gasteiger partial charge is 0.482 e. The number of hydrogen-bond donors (Lipinski definition) is 2. The van der Waals surface area contributed by atoms with Gasteiger partial charge in [0.1, 0.15) is 5.75 Å². The van der Waals surface area contributed by atoms with Gasteiger partial charge in [-0.25, -0.2) is 0 Å². The van der Waals surface area contributed by atoms with Crippen LogP contribution in [0.15, 0.2) is 97.1 Å². The molecule has 1 spiro atoms. The number of aliphatic hydroxyl groups excluding tert-OH is 1. The Morgan fingerprint density at radius 3 is 2.33 bits per heavy atom. The first kappa shape index (κ1) is 33.3. The first-order chi connectivity index (χ1) is 24.5. The van der Waals surface area contributed by atoms with E-state index in [9.17, 15) is 19.5 Å².